The van der Waals surface area contributed by atoms with Crippen LogP contribution in [-0.2, 0) is 0 Å². The van der Waals surface area contributed by atoms with E-state index in [4.69, 9.17) is 10.00 Å². The van der Waals surface area contributed by atoms with Gasteiger partial charge in [0.25, 0.3) is 0 Å². The first-order valence-electron chi connectivity index (χ1n) is 7.06. The topological polar surface area (TPSA) is 66.4 Å². The van der Waals surface area contributed by atoms with Gasteiger partial charge in [-0.05, 0) is 18.6 Å². The number of aromatic nitrogens is 2. The standard InChI is InChI=1S/C16H19N5O/c1-20(2)19-16(21-11-10-18-13-21)14-7-3-4-8-15(14)22-12-6-5-9-17/h3-4,7-8,10-11,13H,5-6,12H2,1-2H3/b19-16+. The van der Waals surface area contributed by atoms with Crippen LogP contribution in [0.25, 0.3) is 0 Å². The number of hydrazone groups is 1. The Hall–Kier alpha value is -2.81. The number of hydrogen-bond donors (Lipinski definition) is 0. The van der Waals surface area contributed by atoms with E-state index in [2.05, 4.69) is 16.2 Å². The quantitative estimate of drug-likeness (QED) is 0.355. The van der Waals surface area contributed by atoms with E-state index in [9.17, 15) is 0 Å². The van der Waals surface area contributed by atoms with E-state index in [0.717, 1.165) is 17.1 Å². The molecule has 0 bridgehead atoms. The largest absolute Gasteiger partial charge is 0.493 e. The van der Waals surface area contributed by atoms with Gasteiger partial charge < -0.3 is 9.75 Å². The van der Waals surface area contributed by atoms with Crippen LogP contribution in [0.3, 0.4) is 0 Å². The lowest BCUT2D eigenvalue weighted by atomic mass is 10.2. The first kappa shape index (κ1) is 15.6. The summed E-state index contributed by atoms with van der Waals surface area (Å²) in [7, 11) is 3.74. The summed E-state index contributed by atoms with van der Waals surface area (Å²) in [6.45, 7) is 0.504. The third-order valence-electron chi connectivity index (χ3n) is 2.86. The van der Waals surface area contributed by atoms with Gasteiger partial charge in [0.1, 0.15) is 12.1 Å². The van der Waals surface area contributed by atoms with Crippen LogP contribution in [0.5, 0.6) is 5.75 Å². The summed E-state index contributed by atoms with van der Waals surface area (Å²) in [6, 6.07) is 9.85. The van der Waals surface area contributed by atoms with Crippen LogP contribution in [0, 0.1) is 11.3 Å². The smallest absolute Gasteiger partial charge is 0.168 e. The van der Waals surface area contributed by atoms with E-state index < -0.39 is 0 Å². The summed E-state index contributed by atoms with van der Waals surface area (Å²) in [4.78, 5) is 4.08. The van der Waals surface area contributed by atoms with Gasteiger partial charge in [0.05, 0.1) is 18.2 Å². The highest BCUT2D eigenvalue weighted by atomic mass is 16.5. The van der Waals surface area contributed by atoms with E-state index in [1.54, 1.807) is 17.5 Å². The van der Waals surface area contributed by atoms with Crippen LogP contribution in [0.2, 0.25) is 0 Å². The molecule has 1 aromatic heterocycles. The molecule has 0 spiro atoms. The van der Waals surface area contributed by atoms with Crippen LogP contribution >= 0.6 is 0 Å². The number of benzene rings is 1. The van der Waals surface area contributed by atoms with Gasteiger partial charge in [-0.2, -0.15) is 10.4 Å². The number of hydrogen-bond acceptors (Lipinski definition) is 5. The molecule has 0 aliphatic rings. The lowest BCUT2D eigenvalue weighted by molar-refractivity contribution is 0.312. The van der Waals surface area contributed by atoms with Crippen LogP contribution in [0.1, 0.15) is 18.4 Å². The Labute approximate surface area is 130 Å². The van der Waals surface area contributed by atoms with E-state index in [1.165, 1.54) is 0 Å². The zero-order valence-corrected chi connectivity index (χ0v) is 12.8. The third kappa shape index (κ3) is 4.09. The predicted molar refractivity (Wildman–Crippen MR) is 84.6 cm³/mol. The second kappa shape index (κ2) is 7.84. The third-order valence-corrected chi connectivity index (χ3v) is 2.86. The van der Waals surface area contributed by atoms with E-state index >= 15 is 0 Å². The number of nitriles is 1. The maximum Gasteiger partial charge on any atom is 0.168 e. The van der Waals surface area contributed by atoms with Gasteiger partial charge in [-0.25, -0.2) is 4.98 Å². The number of nitrogens with zero attached hydrogens (tertiary/aromatic N) is 5. The summed E-state index contributed by atoms with van der Waals surface area (Å²) in [5.74, 6) is 1.48. The highest BCUT2D eigenvalue weighted by Gasteiger charge is 2.13. The van der Waals surface area contributed by atoms with Gasteiger partial charge in [-0.1, -0.05) is 12.1 Å². The molecule has 0 radical (unpaired) electrons. The number of rotatable bonds is 6. The monoisotopic (exact) mass is 297 g/mol. The molecule has 0 saturated carbocycles. The second-order valence-corrected chi connectivity index (χ2v) is 4.85. The molecule has 0 saturated heterocycles. The zero-order chi connectivity index (χ0) is 15.8. The van der Waals surface area contributed by atoms with Crippen LogP contribution in [0.4, 0.5) is 0 Å². The molecule has 0 atom stereocenters. The predicted octanol–water partition coefficient (Wildman–Crippen LogP) is 2.34. The van der Waals surface area contributed by atoms with Crippen molar-refractivity contribution in [2.75, 3.05) is 20.7 Å². The van der Waals surface area contributed by atoms with Crippen molar-refractivity contribution in [2.45, 2.75) is 12.8 Å². The van der Waals surface area contributed by atoms with Crippen molar-refractivity contribution >= 4 is 5.84 Å². The fourth-order valence-corrected chi connectivity index (χ4v) is 1.93. The van der Waals surface area contributed by atoms with Gasteiger partial charge in [0.2, 0.25) is 0 Å². The molecule has 1 heterocycles. The number of ether oxygens (including phenoxy) is 1. The highest BCUT2D eigenvalue weighted by molar-refractivity contribution is 6.02. The average molecular weight is 297 g/mol. The molecular weight excluding hydrogens is 278 g/mol. The molecule has 2 aromatic rings. The minimum atomic E-state index is 0.488. The van der Waals surface area contributed by atoms with Crippen molar-refractivity contribution in [1.29, 1.82) is 5.26 Å². The summed E-state index contributed by atoms with van der Waals surface area (Å²) in [5, 5.41) is 14.9. The Morgan fingerprint density at radius 1 is 1.41 bits per heavy atom. The summed E-state index contributed by atoms with van der Waals surface area (Å²) < 4.78 is 7.66. The minimum absolute atomic E-state index is 0.488. The molecule has 0 fully saturated rings. The fourth-order valence-electron chi connectivity index (χ4n) is 1.93. The fraction of sp³-hybridized carbons (Fsp3) is 0.312. The Kier molecular flexibility index (Phi) is 5.55. The Morgan fingerprint density at radius 2 is 2.23 bits per heavy atom. The molecule has 0 aliphatic heterocycles. The second-order valence-electron chi connectivity index (χ2n) is 4.85. The maximum atomic E-state index is 8.59. The van der Waals surface area contributed by atoms with Gasteiger partial charge in [-0.3, -0.25) is 4.57 Å². The number of unbranched alkanes of at least 4 members (excludes halogenated alkanes) is 1. The molecular formula is C16H19N5O. The summed E-state index contributed by atoms with van der Waals surface area (Å²) in [6.07, 6.45) is 6.45. The van der Waals surface area contributed by atoms with Crippen molar-refractivity contribution in [3.05, 3.63) is 48.5 Å². The van der Waals surface area contributed by atoms with E-state index in [0.29, 0.717) is 19.4 Å². The van der Waals surface area contributed by atoms with E-state index in [-0.39, 0.29) is 0 Å². The minimum Gasteiger partial charge on any atom is -0.493 e. The summed E-state index contributed by atoms with van der Waals surface area (Å²) in [5.41, 5.74) is 0.881. The Morgan fingerprint density at radius 3 is 2.91 bits per heavy atom. The molecule has 0 amide bonds. The number of imidazole rings is 1. The van der Waals surface area contributed by atoms with Crippen LogP contribution < -0.4 is 4.74 Å². The molecule has 0 unspecified atom stereocenters. The normalized spacial score (nSPS) is 11.0. The van der Waals surface area contributed by atoms with Crippen molar-refractivity contribution in [2.24, 2.45) is 5.10 Å². The molecule has 6 nitrogen and oxygen atoms in total. The molecule has 1 aromatic carbocycles. The van der Waals surface area contributed by atoms with Crippen molar-refractivity contribution in [3.8, 4) is 11.8 Å². The molecule has 22 heavy (non-hydrogen) atoms. The summed E-state index contributed by atoms with van der Waals surface area (Å²) >= 11 is 0. The van der Waals surface area contributed by atoms with Crippen molar-refractivity contribution in [3.63, 3.8) is 0 Å². The highest BCUT2D eigenvalue weighted by Crippen LogP contribution is 2.20. The molecule has 0 N–H and O–H groups in total. The number of para-hydroxylation sites is 1. The average Bonchev–Trinajstić information content (AvgIpc) is 3.04. The molecule has 2 rings (SSSR count). The first-order valence-corrected chi connectivity index (χ1v) is 7.06. The zero-order valence-electron chi connectivity index (χ0n) is 12.8. The van der Waals surface area contributed by atoms with Gasteiger partial charge in [-0.15, -0.1) is 0 Å². The van der Waals surface area contributed by atoms with Gasteiger partial charge in [0.15, 0.2) is 5.84 Å². The van der Waals surface area contributed by atoms with Crippen molar-refractivity contribution in [1.82, 2.24) is 14.6 Å². The van der Waals surface area contributed by atoms with Gasteiger partial charge in [0, 0.05) is 32.9 Å². The first-order chi connectivity index (χ1) is 10.7. The maximum absolute atomic E-state index is 8.59. The van der Waals surface area contributed by atoms with Crippen molar-refractivity contribution < 1.29 is 4.74 Å². The lowest BCUT2D eigenvalue weighted by Gasteiger charge is -2.15. The SMILES string of the molecule is CN(C)/N=C(\c1ccccc1OCCCC#N)n1ccnc1. The molecule has 0 aliphatic carbocycles. The Balaban J connectivity index is 2.30. The molecule has 6 heteroatoms. The molecule has 114 valence electrons. The van der Waals surface area contributed by atoms with E-state index in [1.807, 2.05) is 49.1 Å². The Bertz CT molecular complexity index is 655. The lowest BCUT2D eigenvalue weighted by Crippen LogP contribution is -2.18. The van der Waals surface area contributed by atoms with Gasteiger partial charge >= 0.3 is 0 Å². The van der Waals surface area contributed by atoms with Crippen LogP contribution in [-0.4, -0.2) is 41.1 Å². The van der Waals surface area contributed by atoms with Crippen LogP contribution in [0.15, 0.2) is 48.1 Å².